The molecule has 2 rings (SSSR count). The maximum atomic E-state index is 6.30. The lowest BCUT2D eigenvalue weighted by molar-refractivity contribution is 0.204. The predicted octanol–water partition coefficient (Wildman–Crippen LogP) is 3.72. The molecule has 2 nitrogen and oxygen atoms in total. The van der Waals surface area contributed by atoms with E-state index in [1.165, 1.54) is 10.4 Å². The molecule has 2 aromatic rings. The quantitative estimate of drug-likeness (QED) is 0.874. The van der Waals surface area contributed by atoms with E-state index in [-0.39, 0.29) is 6.04 Å². The number of nitrogens with two attached hydrogens (primary N) is 1. The monoisotopic (exact) mass is 280 g/mol. The van der Waals surface area contributed by atoms with Gasteiger partial charge in [-0.15, -0.1) is 11.3 Å². The molecule has 0 radical (unpaired) electrons. The van der Waals surface area contributed by atoms with Crippen molar-refractivity contribution in [2.24, 2.45) is 5.73 Å². The molecule has 0 spiro atoms. The van der Waals surface area contributed by atoms with E-state index in [4.69, 9.17) is 5.73 Å². The van der Waals surface area contributed by atoms with E-state index in [2.05, 4.69) is 53.2 Å². The summed E-state index contributed by atoms with van der Waals surface area (Å²) in [7, 11) is 2.16. The van der Waals surface area contributed by atoms with Crippen molar-refractivity contribution in [1.82, 2.24) is 4.90 Å². The number of nitrogens with zero attached hydrogens (tertiary/aromatic N) is 1. The van der Waals surface area contributed by atoms with Crippen molar-refractivity contribution in [1.29, 1.82) is 0 Å². The summed E-state index contributed by atoms with van der Waals surface area (Å²) in [6, 6.07) is 6.97. The Morgan fingerprint density at radius 1 is 1.33 bits per heavy atom. The Bertz CT molecular complexity index is 436. The third-order valence-electron chi connectivity index (χ3n) is 3.22. The molecule has 2 heterocycles. The Balaban J connectivity index is 2.13. The molecule has 18 heavy (non-hydrogen) atoms. The highest BCUT2D eigenvalue weighted by atomic mass is 32.1. The highest BCUT2D eigenvalue weighted by Crippen LogP contribution is 2.27. The minimum absolute atomic E-state index is 0.185. The highest BCUT2D eigenvalue weighted by molar-refractivity contribution is 7.09. The van der Waals surface area contributed by atoms with E-state index in [1.807, 2.05) is 0 Å². The van der Waals surface area contributed by atoms with E-state index in [9.17, 15) is 0 Å². The maximum absolute atomic E-state index is 6.30. The molecule has 2 N–H and O–H groups in total. The summed E-state index contributed by atoms with van der Waals surface area (Å²) in [5, 5.41) is 6.47. The van der Waals surface area contributed by atoms with Gasteiger partial charge in [0, 0.05) is 17.5 Å². The lowest BCUT2D eigenvalue weighted by Gasteiger charge is -2.31. The van der Waals surface area contributed by atoms with Crippen molar-refractivity contribution in [3.05, 3.63) is 44.8 Å². The van der Waals surface area contributed by atoms with Crippen molar-refractivity contribution in [2.45, 2.75) is 32.0 Å². The minimum Gasteiger partial charge on any atom is -0.326 e. The summed E-state index contributed by atoms with van der Waals surface area (Å²) in [4.78, 5) is 3.75. The number of hydrogen-bond acceptors (Lipinski definition) is 4. The van der Waals surface area contributed by atoms with Crippen LogP contribution in [0.4, 0.5) is 0 Å². The van der Waals surface area contributed by atoms with Gasteiger partial charge < -0.3 is 5.73 Å². The first-order valence-corrected chi connectivity index (χ1v) is 8.05. The first-order valence-electron chi connectivity index (χ1n) is 6.22. The van der Waals surface area contributed by atoms with Gasteiger partial charge in [0.1, 0.15) is 0 Å². The molecule has 98 valence electrons. The molecule has 0 amide bonds. The van der Waals surface area contributed by atoms with Crippen molar-refractivity contribution < 1.29 is 0 Å². The van der Waals surface area contributed by atoms with Crippen molar-refractivity contribution in [3.63, 3.8) is 0 Å². The van der Waals surface area contributed by atoms with E-state index in [0.29, 0.717) is 6.04 Å². The molecule has 0 aliphatic rings. The van der Waals surface area contributed by atoms with Crippen molar-refractivity contribution in [2.75, 3.05) is 7.05 Å². The van der Waals surface area contributed by atoms with E-state index < -0.39 is 0 Å². The van der Waals surface area contributed by atoms with Gasteiger partial charge in [0.2, 0.25) is 0 Å². The van der Waals surface area contributed by atoms with Gasteiger partial charge in [-0.1, -0.05) is 13.0 Å². The number of thiophene rings is 2. The molecule has 0 bridgehead atoms. The fourth-order valence-electron chi connectivity index (χ4n) is 2.24. The molecule has 0 aliphatic carbocycles. The third-order valence-corrected chi connectivity index (χ3v) is 4.78. The molecule has 4 heteroatoms. The van der Waals surface area contributed by atoms with Crippen LogP contribution in [0.3, 0.4) is 0 Å². The molecule has 0 aromatic carbocycles. The fourth-order valence-corrected chi connectivity index (χ4v) is 3.70. The average Bonchev–Trinajstić information content (AvgIpc) is 3.02. The fraction of sp³-hybridized carbons (Fsp3) is 0.429. The van der Waals surface area contributed by atoms with Gasteiger partial charge in [0.25, 0.3) is 0 Å². The van der Waals surface area contributed by atoms with Gasteiger partial charge in [0.05, 0.1) is 6.04 Å². The molecule has 0 saturated carbocycles. The molecule has 0 fully saturated rings. The lowest BCUT2D eigenvalue weighted by atomic mass is 9.99. The molecular weight excluding hydrogens is 260 g/mol. The maximum Gasteiger partial charge on any atom is 0.0508 e. The highest BCUT2D eigenvalue weighted by Gasteiger charge is 2.23. The van der Waals surface area contributed by atoms with Crippen LogP contribution in [0.25, 0.3) is 0 Å². The Morgan fingerprint density at radius 3 is 2.72 bits per heavy atom. The topological polar surface area (TPSA) is 29.3 Å². The van der Waals surface area contributed by atoms with Crippen LogP contribution in [-0.2, 0) is 6.54 Å². The standard InChI is InChI=1S/C14H20N2S2/c1-3-13(15)14(11-6-8-17-10-11)16(2)9-12-5-4-7-18-12/h4-8,10,13-14H,3,9,15H2,1-2H3. The second-order valence-electron chi connectivity index (χ2n) is 4.57. The zero-order valence-electron chi connectivity index (χ0n) is 10.9. The van der Waals surface area contributed by atoms with Crippen LogP contribution in [0.1, 0.15) is 29.8 Å². The lowest BCUT2D eigenvalue weighted by Crippen LogP contribution is -2.38. The summed E-state index contributed by atoms with van der Waals surface area (Å²) >= 11 is 3.55. The van der Waals surface area contributed by atoms with Gasteiger partial charge in [-0.25, -0.2) is 0 Å². The Morgan fingerprint density at radius 2 is 2.17 bits per heavy atom. The molecule has 0 aliphatic heterocycles. The van der Waals surface area contributed by atoms with Crippen LogP contribution in [0.2, 0.25) is 0 Å². The van der Waals surface area contributed by atoms with Gasteiger partial charge in [-0.05, 0) is 47.3 Å². The summed E-state index contributed by atoms with van der Waals surface area (Å²) in [5.74, 6) is 0. The smallest absolute Gasteiger partial charge is 0.0508 e. The van der Waals surface area contributed by atoms with Crippen LogP contribution < -0.4 is 5.73 Å². The van der Waals surface area contributed by atoms with Crippen LogP contribution in [0.5, 0.6) is 0 Å². The van der Waals surface area contributed by atoms with Crippen molar-refractivity contribution in [3.8, 4) is 0 Å². The van der Waals surface area contributed by atoms with Crippen molar-refractivity contribution >= 4 is 22.7 Å². The van der Waals surface area contributed by atoms with Crippen LogP contribution in [0, 0.1) is 0 Å². The summed E-state index contributed by atoms with van der Waals surface area (Å²) in [5.41, 5.74) is 7.65. The van der Waals surface area contributed by atoms with E-state index >= 15 is 0 Å². The minimum atomic E-state index is 0.185. The Labute approximate surface area is 117 Å². The second kappa shape index (κ2) is 6.48. The second-order valence-corrected chi connectivity index (χ2v) is 6.38. The van der Waals surface area contributed by atoms with Crippen LogP contribution in [-0.4, -0.2) is 18.0 Å². The van der Waals surface area contributed by atoms with Gasteiger partial charge in [-0.2, -0.15) is 11.3 Å². The Hall–Kier alpha value is -0.680. The van der Waals surface area contributed by atoms with Gasteiger partial charge >= 0.3 is 0 Å². The number of hydrogen-bond donors (Lipinski definition) is 1. The first-order chi connectivity index (χ1) is 8.72. The average molecular weight is 280 g/mol. The van der Waals surface area contributed by atoms with E-state index in [1.54, 1.807) is 22.7 Å². The van der Waals surface area contributed by atoms with Crippen LogP contribution >= 0.6 is 22.7 Å². The molecule has 0 saturated heterocycles. The molecule has 2 atom stereocenters. The number of rotatable bonds is 6. The molecule has 2 aromatic heterocycles. The van der Waals surface area contributed by atoms with E-state index in [0.717, 1.165) is 13.0 Å². The summed E-state index contributed by atoms with van der Waals surface area (Å²) < 4.78 is 0. The summed E-state index contributed by atoms with van der Waals surface area (Å²) in [6.45, 7) is 3.12. The number of likely N-dealkylation sites (N-methyl/N-ethyl adjacent to an activating group) is 1. The Kier molecular flexibility index (Phi) is 4.95. The SMILES string of the molecule is CCC(N)C(c1ccsc1)N(C)Cc1cccs1. The first kappa shape index (κ1) is 13.7. The predicted molar refractivity (Wildman–Crippen MR) is 81.1 cm³/mol. The van der Waals surface area contributed by atoms with Crippen LogP contribution in [0.15, 0.2) is 34.3 Å². The van der Waals surface area contributed by atoms with Gasteiger partial charge in [-0.3, -0.25) is 4.90 Å². The normalized spacial score (nSPS) is 14.9. The van der Waals surface area contributed by atoms with Gasteiger partial charge in [0.15, 0.2) is 0 Å². The largest absolute Gasteiger partial charge is 0.326 e. The third kappa shape index (κ3) is 3.20. The zero-order chi connectivity index (χ0) is 13.0. The zero-order valence-corrected chi connectivity index (χ0v) is 12.5. The summed E-state index contributed by atoms with van der Waals surface area (Å²) in [6.07, 6.45) is 0.995. The molecular formula is C14H20N2S2. The molecule has 2 unspecified atom stereocenters.